The van der Waals surface area contributed by atoms with E-state index in [9.17, 15) is 9.59 Å². The largest absolute Gasteiger partial charge is 0.395 e. The van der Waals surface area contributed by atoms with E-state index in [-0.39, 0.29) is 36.8 Å². The van der Waals surface area contributed by atoms with Gasteiger partial charge in [-0.25, -0.2) is 0 Å². The summed E-state index contributed by atoms with van der Waals surface area (Å²) in [6, 6.07) is 7.84. The zero-order valence-electron chi connectivity index (χ0n) is 10.0. The Labute approximate surface area is 105 Å². The Morgan fingerprint density at radius 2 is 2.00 bits per heavy atom. The van der Waals surface area contributed by atoms with E-state index < -0.39 is 0 Å². The molecule has 0 spiro atoms. The van der Waals surface area contributed by atoms with Gasteiger partial charge in [-0.2, -0.15) is 0 Å². The van der Waals surface area contributed by atoms with E-state index in [2.05, 4.69) is 0 Å². The summed E-state index contributed by atoms with van der Waals surface area (Å²) in [5.41, 5.74) is 2.17. The highest BCUT2D eigenvalue weighted by Crippen LogP contribution is 2.42. The molecule has 1 aromatic rings. The number of amides is 2. The van der Waals surface area contributed by atoms with Crippen LogP contribution in [0.1, 0.15) is 23.5 Å². The lowest BCUT2D eigenvalue weighted by atomic mass is 9.76. The second kappa shape index (κ2) is 4.21. The van der Waals surface area contributed by atoms with Crippen LogP contribution in [0.2, 0.25) is 0 Å². The molecule has 0 saturated carbocycles. The molecular formula is C14H15NO3. The van der Waals surface area contributed by atoms with Gasteiger partial charge in [0.05, 0.1) is 25.0 Å². The summed E-state index contributed by atoms with van der Waals surface area (Å²) in [5, 5.41) is 8.94. The Hall–Kier alpha value is -1.68. The number of carbonyl (C=O) groups excluding carboxylic acids is 2. The molecule has 1 N–H and O–H groups in total. The van der Waals surface area contributed by atoms with Gasteiger partial charge in [-0.05, 0) is 24.0 Å². The third-order valence-corrected chi connectivity index (χ3v) is 3.96. The van der Waals surface area contributed by atoms with Gasteiger partial charge in [0, 0.05) is 0 Å². The smallest absolute Gasteiger partial charge is 0.237 e. The lowest BCUT2D eigenvalue weighted by Gasteiger charge is -2.24. The molecule has 1 aliphatic heterocycles. The fourth-order valence-corrected chi connectivity index (χ4v) is 3.13. The number of nitrogens with zero attached hydrogens (tertiary/aromatic N) is 1. The third kappa shape index (κ3) is 1.49. The average molecular weight is 245 g/mol. The van der Waals surface area contributed by atoms with Crippen LogP contribution in [-0.2, 0) is 16.0 Å². The first-order valence-corrected chi connectivity index (χ1v) is 6.28. The van der Waals surface area contributed by atoms with Crippen molar-refractivity contribution in [2.24, 2.45) is 5.92 Å². The second-order valence-electron chi connectivity index (χ2n) is 4.87. The molecule has 0 bridgehead atoms. The van der Waals surface area contributed by atoms with E-state index in [1.165, 1.54) is 10.5 Å². The van der Waals surface area contributed by atoms with Crippen molar-refractivity contribution in [2.75, 3.05) is 13.2 Å². The van der Waals surface area contributed by atoms with Crippen molar-refractivity contribution in [2.45, 2.75) is 18.8 Å². The van der Waals surface area contributed by atoms with Crippen LogP contribution >= 0.6 is 0 Å². The molecule has 4 nitrogen and oxygen atoms in total. The summed E-state index contributed by atoms with van der Waals surface area (Å²) in [6.07, 6.45) is 1.58. The zero-order chi connectivity index (χ0) is 12.7. The molecule has 1 aromatic carbocycles. The van der Waals surface area contributed by atoms with Crippen molar-refractivity contribution in [3.05, 3.63) is 35.4 Å². The van der Waals surface area contributed by atoms with Crippen LogP contribution in [0, 0.1) is 5.92 Å². The van der Waals surface area contributed by atoms with Gasteiger partial charge in [0.1, 0.15) is 0 Å². The van der Waals surface area contributed by atoms with Gasteiger partial charge in [-0.1, -0.05) is 24.3 Å². The Balaban J connectivity index is 2.02. The molecular weight excluding hydrogens is 230 g/mol. The molecule has 2 atom stereocenters. The van der Waals surface area contributed by atoms with Crippen LogP contribution in [0.3, 0.4) is 0 Å². The molecule has 1 aliphatic carbocycles. The van der Waals surface area contributed by atoms with Gasteiger partial charge >= 0.3 is 0 Å². The monoisotopic (exact) mass is 245 g/mol. The Morgan fingerprint density at radius 1 is 1.22 bits per heavy atom. The fraction of sp³-hybridized carbons (Fsp3) is 0.429. The van der Waals surface area contributed by atoms with Gasteiger partial charge in [0.2, 0.25) is 11.8 Å². The number of carbonyl (C=O) groups is 2. The number of benzene rings is 1. The number of β-amino-alcohol motifs (C(OH)–C–C–N with tert-alkyl or cyclic N) is 1. The summed E-state index contributed by atoms with van der Waals surface area (Å²) in [5.74, 6) is -0.812. The van der Waals surface area contributed by atoms with E-state index in [1.54, 1.807) is 0 Å². The Kier molecular flexibility index (Phi) is 2.67. The van der Waals surface area contributed by atoms with E-state index in [0.29, 0.717) is 0 Å². The van der Waals surface area contributed by atoms with Gasteiger partial charge in [0.25, 0.3) is 0 Å². The Bertz CT molecular complexity index is 512. The summed E-state index contributed by atoms with van der Waals surface area (Å²) < 4.78 is 0. The van der Waals surface area contributed by atoms with Crippen LogP contribution in [0.4, 0.5) is 0 Å². The van der Waals surface area contributed by atoms with Gasteiger partial charge in [-0.3, -0.25) is 14.5 Å². The SMILES string of the molecule is O=C1C2CCc3ccccc3C2C(=O)N1CCO. The van der Waals surface area contributed by atoms with Crippen molar-refractivity contribution in [3.63, 3.8) is 0 Å². The molecule has 0 aromatic heterocycles. The molecule has 1 saturated heterocycles. The lowest BCUT2D eigenvalue weighted by molar-refractivity contribution is -0.140. The molecule has 3 rings (SSSR count). The van der Waals surface area contributed by atoms with Crippen molar-refractivity contribution in [1.82, 2.24) is 4.90 Å². The predicted octanol–water partition coefficient (Wildman–Crippen LogP) is 0.694. The Morgan fingerprint density at radius 3 is 2.78 bits per heavy atom. The van der Waals surface area contributed by atoms with Gasteiger partial charge in [0.15, 0.2) is 0 Å². The first-order valence-electron chi connectivity index (χ1n) is 6.28. The van der Waals surface area contributed by atoms with Crippen LogP contribution in [0.25, 0.3) is 0 Å². The maximum absolute atomic E-state index is 12.3. The quantitative estimate of drug-likeness (QED) is 0.780. The van der Waals surface area contributed by atoms with E-state index in [4.69, 9.17) is 5.11 Å². The summed E-state index contributed by atoms with van der Waals surface area (Å²) in [7, 11) is 0. The number of hydrogen-bond donors (Lipinski definition) is 1. The molecule has 2 unspecified atom stereocenters. The van der Waals surface area contributed by atoms with Crippen LogP contribution in [0.5, 0.6) is 0 Å². The second-order valence-corrected chi connectivity index (χ2v) is 4.87. The number of rotatable bonds is 2. The molecule has 0 radical (unpaired) electrons. The molecule has 1 fully saturated rings. The summed E-state index contributed by atoms with van der Waals surface area (Å²) in [4.78, 5) is 25.7. The number of aliphatic hydroxyl groups is 1. The minimum Gasteiger partial charge on any atom is -0.395 e. The van der Waals surface area contributed by atoms with Crippen molar-refractivity contribution >= 4 is 11.8 Å². The predicted molar refractivity (Wildman–Crippen MR) is 64.8 cm³/mol. The number of imide groups is 1. The third-order valence-electron chi connectivity index (χ3n) is 3.96. The normalized spacial score (nSPS) is 26.2. The average Bonchev–Trinajstić information content (AvgIpc) is 2.64. The first-order chi connectivity index (χ1) is 8.74. The zero-order valence-corrected chi connectivity index (χ0v) is 10.0. The maximum atomic E-state index is 12.3. The van der Waals surface area contributed by atoms with E-state index in [0.717, 1.165) is 18.4 Å². The summed E-state index contributed by atoms with van der Waals surface area (Å²) in [6.45, 7) is -0.0502. The highest BCUT2D eigenvalue weighted by atomic mass is 16.3. The van der Waals surface area contributed by atoms with E-state index in [1.807, 2.05) is 24.3 Å². The molecule has 94 valence electrons. The lowest BCUT2D eigenvalue weighted by Crippen LogP contribution is -2.33. The molecule has 18 heavy (non-hydrogen) atoms. The molecule has 1 heterocycles. The molecule has 2 amide bonds. The minimum atomic E-state index is -0.325. The van der Waals surface area contributed by atoms with Crippen LogP contribution < -0.4 is 0 Å². The molecule has 2 aliphatic rings. The maximum Gasteiger partial charge on any atom is 0.237 e. The standard InChI is InChI=1S/C14H15NO3/c16-8-7-15-13(17)11-6-5-9-3-1-2-4-10(9)12(11)14(15)18/h1-4,11-12,16H,5-8H2. The first kappa shape index (κ1) is 11.4. The fourth-order valence-electron chi connectivity index (χ4n) is 3.13. The number of aryl methyl sites for hydroxylation is 1. The number of aliphatic hydroxyl groups excluding tert-OH is 1. The topological polar surface area (TPSA) is 57.6 Å². The van der Waals surface area contributed by atoms with Crippen molar-refractivity contribution in [1.29, 1.82) is 0 Å². The number of hydrogen-bond acceptors (Lipinski definition) is 3. The van der Waals surface area contributed by atoms with Crippen LogP contribution in [0.15, 0.2) is 24.3 Å². The van der Waals surface area contributed by atoms with Gasteiger partial charge < -0.3 is 5.11 Å². The van der Waals surface area contributed by atoms with Gasteiger partial charge in [-0.15, -0.1) is 0 Å². The minimum absolute atomic E-state index is 0.117. The van der Waals surface area contributed by atoms with Crippen molar-refractivity contribution < 1.29 is 14.7 Å². The van der Waals surface area contributed by atoms with E-state index >= 15 is 0 Å². The summed E-state index contributed by atoms with van der Waals surface area (Å²) >= 11 is 0. The molecule has 4 heteroatoms. The highest BCUT2D eigenvalue weighted by Gasteiger charge is 2.49. The van der Waals surface area contributed by atoms with Crippen LogP contribution in [-0.4, -0.2) is 35.0 Å². The number of fused-ring (bicyclic) bond motifs is 3. The highest BCUT2D eigenvalue weighted by molar-refractivity contribution is 6.08. The van der Waals surface area contributed by atoms with Crippen molar-refractivity contribution in [3.8, 4) is 0 Å². The number of likely N-dealkylation sites (tertiary alicyclic amines) is 1.